The van der Waals surface area contributed by atoms with Crippen LogP contribution in [0.1, 0.15) is 18.9 Å². The number of nitro groups is 1. The van der Waals surface area contributed by atoms with Crippen molar-refractivity contribution in [1.82, 2.24) is 0 Å². The first-order chi connectivity index (χ1) is 8.54. The van der Waals surface area contributed by atoms with E-state index in [1.54, 1.807) is 12.1 Å². The van der Waals surface area contributed by atoms with Gasteiger partial charge in [-0.05, 0) is 25.5 Å². The molecule has 1 heterocycles. The quantitative estimate of drug-likeness (QED) is 0.652. The Kier molecular flexibility index (Phi) is 3.17. The Balaban J connectivity index is 2.32. The number of ether oxygens (including phenoxy) is 1. The van der Waals surface area contributed by atoms with Crippen molar-refractivity contribution in [3.63, 3.8) is 0 Å². The minimum Gasteiger partial charge on any atom is -0.379 e. The summed E-state index contributed by atoms with van der Waals surface area (Å²) in [5.74, 6) is 0. The van der Waals surface area contributed by atoms with Crippen molar-refractivity contribution in [2.45, 2.75) is 18.9 Å². The van der Waals surface area contributed by atoms with Gasteiger partial charge in [0.25, 0.3) is 5.69 Å². The first-order valence-corrected chi connectivity index (χ1v) is 5.58. The lowest BCUT2D eigenvalue weighted by Crippen LogP contribution is -2.35. The van der Waals surface area contributed by atoms with E-state index in [4.69, 9.17) is 10.00 Å². The molecule has 1 atom stereocenters. The molecule has 0 spiro atoms. The van der Waals surface area contributed by atoms with Crippen LogP contribution >= 0.6 is 0 Å². The van der Waals surface area contributed by atoms with Crippen LogP contribution in [-0.4, -0.2) is 23.7 Å². The number of nitrogens with zero attached hydrogens (tertiary/aromatic N) is 2. The van der Waals surface area contributed by atoms with E-state index >= 15 is 0 Å². The summed E-state index contributed by atoms with van der Waals surface area (Å²) in [6, 6.07) is 6.31. The lowest BCUT2D eigenvalue weighted by molar-refractivity contribution is -0.384. The minimum absolute atomic E-state index is 0.0813. The molecule has 1 N–H and O–H groups in total. The van der Waals surface area contributed by atoms with Gasteiger partial charge in [0, 0.05) is 12.7 Å². The molecule has 1 unspecified atom stereocenters. The maximum absolute atomic E-state index is 11.0. The van der Waals surface area contributed by atoms with E-state index < -0.39 is 4.92 Å². The van der Waals surface area contributed by atoms with Gasteiger partial charge in [-0.3, -0.25) is 10.1 Å². The van der Waals surface area contributed by atoms with Gasteiger partial charge in [-0.25, -0.2) is 0 Å². The van der Waals surface area contributed by atoms with Crippen LogP contribution < -0.4 is 5.32 Å². The van der Waals surface area contributed by atoms with Gasteiger partial charge in [-0.1, -0.05) is 0 Å². The van der Waals surface area contributed by atoms with Crippen LogP contribution in [0, 0.1) is 21.4 Å². The Morgan fingerprint density at radius 2 is 2.39 bits per heavy atom. The Morgan fingerprint density at radius 3 is 2.94 bits per heavy atom. The predicted molar refractivity (Wildman–Crippen MR) is 65.3 cm³/mol. The molecule has 6 heteroatoms. The van der Waals surface area contributed by atoms with E-state index in [9.17, 15) is 10.1 Å². The number of hydrogen-bond donors (Lipinski definition) is 1. The summed E-state index contributed by atoms with van der Waals surface area (Å²) in [6.45, 7) is 3.12. The lowest BCUT2D eigenvalue weighted by Gasteiger charge is -2.24. The summed E-state index contributed by atoms with van der Waals surface area (Å²) < 4.78 is 5.29. The van der Waals surface area contributed by atoms with E-state index in [0.29, 0.717) is 18.9 Å². The van der Waals surface area contributed by atoms with E-state index in [1.165, 1.54) is 6.07 Å². The SMILES string of the molecule is CC1(Nc2ccc(C#N)cc2[N+](=O)[O-])CCOC1. The zero-order valence-electron chi connectivity index (χ0n) is 9.97. The van der Waals surface area contributed by atoms with Gasteiger partial charge in [0.15, 0.2) is 0 Å². The molecule has 1 aromatic carbocycles. The summed E-state index contributed by atoms with van der Waals surface area (Å²) in [5, 5.41) is 22.9. The fourth-order valence-corrected chi connectivity index (χ4v) is 1.95. The molecule has 1 aliphatic heterocycles. The third-order valence-corrected chi connectivity index (χ3v) is 2.98. The molecule has 0 aliphatic carbocycles. The van der Waals surface area contributed by atoms with Crippen molar-refractivity contribution in [3.05, 3.63) is 33.9 Å². The molecular formula is C12H13N3O3. The van der Waals surface area contributed by atoms with Crippen LogP contribution in [0.5, 0.6) is 0 Å². The van der Waals surface area contributed by atoms with E-state index in [-0.39, 0.29) is 16.8 Å². The Hall–Kier alpha value is -2.13. The smallest absolute Gasteiger partial charge is 0.293 e. The van der Waals surface area contributed by atoms with Crippen LogP contribution in [0.2, 0.25) is 0 Å². The van der Waals surface area contributed by atoms with Gasteiger partial charge in [0.1, 0.15) is 5.69 Å². The standard InChI is InChI=1S/C12H13N3O3/c1-12(4-5-18-8-12)14-10-3-2-9(7-13)6-11(10)15(16)17/h2-3,6,14H,4-5,8H2,1H3. The molecule has 0 aromatic heterocycles. The Morgan fingerprint density at radius 1 is 1.61 bits per heavy atom. The summed E-state index contributed by atoms with van der Waals surface area (Å²) in [4.78, 5) is 10.5. The third kappa shape index (κ3) is 2.41. The van der Waals surface area contributed by atoms with Crippen LogP contribution in [0.25, 0.3) is 0 Å². The first kappa shape index (κ1) is 12.3. The van der Waals surface area contributed by atoms with E-state index in [0.717, 1.165) is 6.42 Å². The average Bonchev–Trinajstić information content (AvgIpc) is 2.76. The average molecular weight is 247 g/mol. The van der Waals surface area contributed by atoms with Crippen molar-refractivity contribution in [1.29, 1.82) is 5.26 Å². The molecule has 1 saturated heterocycles. The highest BCUT2D eigenvalue weighted by Gasteiger charge is 2.31. The topological polar surface area (TPSA) is 88.2 Å². The van der Waals surface area contributed by atoms with Crippen molar-refractivity contribution in [3.8, 4) is 6.07 Å². The van der Waals surface area contributed by atoms with Crippen LogP contribution in [0.3, 0.4) is 0 Å². The number of anilines is 1. The summed E-state index contributed by atoms with van der Waals surface area (Å²) in [6.07, 6.45) is 0.796. The monoisotopic (exact) mass is 247 g/mol. The van der Waals surface area contributed by atoms with Crippen LogP contribution in [0.4, 0.5) is 11.4 Å². The molecule has 1 aliphatic rings. The Bertz CT molecular complexity index is 516. The number of rotatable bonds is 3. The highest BCUT2D eigenvalue weighted by Crippen LogP contribution is 2.31. The maximum atomic E-state index is 11.0. The van der Waals surface area contributed by atoms with Gasteiger partial charge < -0.3 is 10.1 Å². The molecule has 0 saturated carbocycles. The molecule has 94 valence electrons. The molecule has 0 radical (unpaired) electrons. The third-order valence-electron chi connectivity index (χ3n) is 2.98. The number of nitrogens with one attached hydrogen (secondary N) is 1. The van der Waals surface area contributed by atoms with Gasteiger partial charge >= 0.3 is 0 Å². The fraction of sp³-hybridized carbons (Fsp3) is 0.417. The van der Waals surface area contributed by atoms with E-state index in [1.807, 2.05) is 13.0 Å². The van der Waals surface area contributed by atoms with E-state index in [2.05, 4.69) is 5.32 Å². The van der Waals surface area contributed by atoms with Gasteiger partial charge in [-0.15, -0.1) is 0 Å². The summed E-state index contributed by atoms with van der Waals surface area (Å²) >= 11 is 0. The zero-order chi connectivity index (χ0) is 13.2. The number of nitro benzene ring substituents is 1. The van der Waals surface area contributed by atoms with Gasteiger partial charge in [0.05, 0.1) is 28.7 Å². The highest BCUT2D eigenvalue weighted by molar-refractivity contribution is 5.65. The first-order valence-electron chi connectivity index (χ1n) is 5.58. The molecule has 1 fully saturated rings. The number of benzene rings is 1. The molecule has 0 bridgehead atoms. The second-order valence-electron chi connectivity index (χ2n) is 4.59. The van der Waals surface area contributed by atoms with Crippen molar-refractivity contribution >= 4 is 11.4 Å². The molecule has 18 heavy (non-hydrogen) atoms. The van der Waals surface area contributed by atoms with Crippen molar-refractivity contribution in [2.24, 2.45) is 0 Å². The van der Waals surface area contributed by atoms with Crippen molar-refractivity contribution < 1.29 is 9.66 Å². The molecule has 6 nitrogen and oxygen atoms in total. The Labute approximate surface area is 104 Å². The molecule has 0 amide bonds. The predicted octanol–water partition coefficient (Wildman–Crippen LogP) is 2.06. The molecular weight excluding hydrogens is 234 g/mol. The second-order valence-corrected chi connectivity index (χ2v) is 4.59. The number of hydrogen-bond acceptors (Lipinski definition) is 5. The van der Waals surface area contributed by atoms with Gasteiger partial charge in [0.2, 0.25) is 0 Å². The maximum Gasteiger partial charge on any atom is 0.293 e. The summed E-state index contributed by atoms with van der Waals surface area (Å²) in [5.41, 5.74) is 0.327. The molecule has 1 aromatic rings. The van der Waals surface area contributed by atoms with Crippen LogP contribution in [0.15, 0.2) is 18.2 Å². The minimum atomic E-state index is -0.484. The number of nitriles is 1. The fourth-order valence-electron chi connectivity index (χ4n) is 1.95. The van der Waals surface area contributed by atoms with Crippen LogP contribution in [-0.2, 0) is 4.74 Å². The largest absolute Gasteiger partial charge is 0.379 e. The summed E-state index contributed by atoms with van der Waals surface area (Å²) in [7, 11) is 0. The zero-order valence-corrected chi connectivity index (χ0v) is 9.97. The van der Waals surface area contributed by atoms with Gasteiger partial charge in [-0.2, -0.15) is 5.26 Å². The normalized spacial score (nSPS) is 22.4. The lowest BCUT2D eigenvalue weighted by atomic mass is 10.0. The second kappa shape index (κ2) is 4.63. The highest BCUT2D eigenvalue weighted by atomic mass is 16.6. The van der Waals surface area contributed by atoms with Crippen molar-refractivity contribution in [2.75, 3.05) is 18.5 Å². The molecule has 2 rings (SSSR count).